The molecule has 1 aromatic carbocycles. The average molecular weight is 494 g/mol. The minimum atomic E-state index is -0.517. The first kappa shape index (κ1) is 25.5. The molecule has 0 aliphatic carbocycles. The summed E-state index contributed by atoms with van der Waals surface area (Å²) in [5.74, 6) is 0.686. The highest BCUT2D eigenvalue weighted by Gasteiger charge is 2.24. The van der Waals surface area contributed by atoms with Crippen molar-refractivity contribution in [1.82, 2.24) is 24.8 Å². The second-order valence-corrected chi connectivity index (χ2v) is 9.40. The Morgan fingerprint density at radius 1 is 1.14 bits per heavy atom. The van der Waals surface area contributed by atoms with Crippen molar-refractivity contribution in [3.05, 3.63) is 57.8 Å². The molecular formula is C27H35N5O4. The Hall–Kier alpha value is -3.62. The second kappa shape index (κ2) is 11.4. The fourth-order valence-electron chi connectivity index (χ4n) is 4.50. The van der Waals surface area contributed by atoms with Gasteiger partial charge in [-0.05, 0) is 38.3 Å². The maximum atomic E-state index is 13.3. The summed E-state index contributed by atoms with van der Waals surface area (Å²) in [7, 11) is 1.61. The van der Waals surface area contributed by atoms with Crippen LogP contribution in [0.15, 0.2) is 35.4 Å². The van der Waals surface area contributed by atoms with Crippen molar-refractivity contribution >= 4 is 22.8 Å². The van der Waals surface area contributed by atoms with Crippen LogP contribution in [-0.2, 0) is 6.42 Å². The largest absolute Gasteiger partial charge is 0.497 e. The number of H-pyrrole nitrogens is 1. The Kier molecular flexibility index (Phi) is 8.07. The molecule has 1 aliphatic heterocycles. The van der Waals surface area contributed by atoms with Crippen LogP contribution >= 0.6 is 0 Å². The zero-order valence-electron chi connectivity index (χ0n) is 21.3. The molecule has 0 bridgehead atoms. The van der Waals surface area contributed by atoms with Crippen LogP contribution in [-0.4, -0.2) is 58.0 Å². The fraction of sp³-hybridized carbons (Fsp3) is 0.481. The quantitative estimate of drug-likeness (QED) is 0.497. The van der Waals surface area contributed by atoms with Gasteiger partial charge in [-0.2, -0.15) is 0 Å². The maximum Gasteiger partial charge on any atom is 0.259 e. The van der Waals surface area contributed by atoms with Crippen molar-refractivity contribution in [2.75, 3.05) is 26.7 Å². The standard InChI is InChI=1S/C27H35N5O4/c1-4-18(2)32-16-20(25(33)21(17-32)27(35)31-13-7-5-6-8-14-31)26(34)28-12-11-24-29-22-10-9-19(36-3)15-23(22)30-24/h9-10,15-18H,4-8,11-14H2,1-3H3,(H,28,34)(H,29,30)/t18-/m0/s1. The van der Waals surface area contributed by atoms with Gasteiger partial charge in [0.25, 0.3) is 11.8 Å². The van der Waals surface area contributed by atoms with Gasteiger partial charge in [-0.15, -0.1) is 0 Å². The van der Waals surface area contributed by atoms with Crippen LogP contribution in [0, 0.1) is 0 Å². The molecule has 0 saturated carbocycles. The number of hydrogen-bond acceptors (Lipinski definition) is 5. The number of carbonyl (C=O) groups excluding carboxylic acids is 2. The molecule has 1 fully saturated rings. The Labute approximate surface area is 210 Å². The molecule has 9 heteroatoms. The Bertz CT molecular complexity index is 1290. The minimum Gasteiger partial charge on any atom is -0.497 e. The summed E-state index contributed by atoms with van der Waals surface area (Å²) in [4.78, 5) is 49.2. The molecule has 1 atom stereocenters. The van der Waals surface area contributed by atoms with E-state index in [-0.39, 0.29) is 23.1 Å². The second-order valence-electron chi connectivity index (χ2n) is 9.40. The van der Waals surface area contributed by atoms with Crippen molar-refractivity contribution in [3.63, 3.8) is 0 Å². The van der Waals surface area contributed by atoms with Crippen molar-refractivity contribution < 1.29 is 14.3 Å². The number of benzene rings is 1. The van der Waals surface area contributed by atoms with E-state index in [0.717, 1.165) is 54.7 Å². The number of aromatic nitrogens is 3. The van der Waals surface area contributed by atoms with Crippen molar-refractivity contribution in [3.8, 4) is 5.75 Å². The van der Waals surface area contributed by atoms with E-state index >= 15 is 0 Å². The van der Waals surface area contributed by atoms with Crippen LogP contribution in [0.2, 0.25) is 0 Å². The van der Waals surface area contributed by atoms with E-state index in [1.807, 2.05) is 36.6 Å². The fourth-order valence-corrected chi connectivity index (χ4v) is 4.50. The van der Waals surface area contributed by atoms with Gasteiger partial charge >= 0.3 is 0 Å². The van der Waals surface area contributed by atoms with Crippen LogP contribution in [0.4, 0.5) is 0 Å². The van der Waals surface area contributed by atoms with Gasteiger partial charge in [0.05, 0.1) is 18.1 Å². The zero-order valence-corrected chi connectivity index (χ0v) is 21.3. The van der Waals surface area contributed by atoms with Crippen LogP contribution in [0.5, 0.6) is 5.75 Å². The molecule has 2 aromatic heterocycles. The van der Waals surface area contributed by atoms with E-state index in [4.69, 9.17) is 4.74 Å². The number of rotatable bonds is 8. The maximum absolute atomic E-state index is 13.3. The van der Waals surface area contributed by atoms with Crippen molar-refractivity contribution in [2.24, 2.45) is 0 Å². The van der Waals surface area contributed by atoms with Gasteiger partial charge in [-0.25, -0.2) is 4.98 Å². The predicted octanol–water partition coefficient (Wildman–Crippen LogP) is 3.69. The first-order valence-electron chi connectivity index (χ1n) is 12.8. The number of nitrogens with one attached hydrogen (secondary N) is 2. The first-order valence-corrected chi connectivity index (χ1v) is 12.8. The summed E-state index contributed by atoms with van der Waals surface area (Å²) in [6.45, 7) is 5.61. The van der Waals surface area contributed by atoms with E-state index < -0.39 is 11.3 Å². The van der Waals surface area contributed by atoms with E-state index in [1.165, 1.54) is 0 Å². The third kappa shape index (κ3) is 5.61. The van der Waals surface area contributed by atoms with Gasteiger partial charge in [-0.3, -0.25) is 14.4 Å². The number of aromatic amines is 1. The van der Waals surface area contributed by atoms with Gasteiger partial charge in [0, 0.05) is 50.6 Å². The molecule has 1 saturated heterocycles. The first-order chi connectivity index (χ1) is 17.4. The highest BCUT2D eigenvalue weighted by molar-refractivity contribution is 5.99. The smallest absolute Gasteiger partial charge is 0.259 e. The predicted molar refractivity (Wildman–Crippen MR) is 139 cm³/mol. The number of amides is 2. The molecular weight excluding hydrogens is 458 g/mol. The molecule has 2 N–H and O–H groups in total. The summed E-state index contributed by atoms with van der Waals surface area (Å²) in [6, 6.07) is 5.63. The third-order valence-corrected chi connectivity index (χ3v) is 6.90. The Morgan fingerprint density at radius 3 is 2.56 bits per heavy atom. The monoisotopic (exact) mass is 493 g/mol. The lowest BCUT2D eigenvalue weighted by atomic mass is 10.1. The molecule has 1 aliphatic rings. The lowest BCUT2D eigenvalue weighted by molar-refractivity contribution is 0.0759. The molecule has 3 aromatic rings. The zero-order chi connectivity index (χ0) is 25.7. The molecule has 2 amide bonds. The van der Waals surface area contributed by atoms with E-state index in [9.17, 15) is 14.4 Å². The molecule has 0 radical (unpaired) electrons. The molecule has 192 valence electrons. The van der Waals surface area contributed by atoms with E-state index in [2.05, 4.69) is 15.3 Å². The number of likely N-dealkylation sites (tertiary alicyclic amines) is 1. The number of ether oxygens (including phenoxy) is 1. The summed E-state index contributed by atoms with van der Waals surface area (Å²) in [5, 5.41) is 2.83. The van der Waals surface area contributed by atoms with Crippen LogP contribution < -0.4 is 15.5 Å². The Balaban J connectivity index is 1.52. The van der Waals surface area contributed by atoms with Gasteiger partial charge < -0.3 is 24.5 Å². The van der Waals surface area contributed by atoms with E-state index in [1.54, 1.807) is 24.4 Å². The normalized spacial score (nSPS) is 14.9. The average Bonchev–Trinajstić information content (AvgIpc) is 3.09. The van der Waals surface area contributed by atoms with Gasteiger partial charge in [0.15, 0.2) is 0 Å². The van der Waals surface area contributed by atoms with Gasteiger partial charge in [0.2, 0.25) is 5.43 Å². The highest BCUT2D eigenvalue weighted by atomic mass is 16.5. The number of fused-ring (bicyclic) bond motifs is 1. The lowest BCUT2D eigenvalue weighted by Gasteiger charge is -2.22. The molecule has 36 heavy (non-hydrogen) atoms. The van der Waals surface area contributed by atoms with Gasteiger partial charge in [-0.1, -0.05) is 19.8 Å². The number of hydrogen-bond donors (Lipinski definition) is 2. The lowest BCUT2D eigenvalue weighted by Crippen LogP contribution is -2.38. The molecule has 3 heterocycles. The number of carbonyl (C=O) groups is 2. The number of pyridine rings is 1. The molecule has 9 nitrogen and oxygen atoms in total. The summed E-state index contributed by atoms with van der Waals surface area (Å²) in [6.07, 6.45) is 8.48. The summed E-state index contributed by atoms with van der Waals surface area (Å²) < 4.78 is 7.06. The van der Waals surface area contributed by atoms with E-state index in [0.29, 0.717) is 26.1 Å². The van der Waals surface area contributed by atoms with Gasteiger partial charge in [0.1, 0.15) is 22.7 Å². The highest BCUT2D eigenvalue weighted by Crippen LogP contribution is 2.19. The van der Waals surface area contributed by atoms with Crippen LogP contribution in [0.1, 0.15) is 78.5 Å². The van der Waals surface area contributed by atoms with Crippen molar-refractivity contribution in [2.45, 2.75) is 58.4 Å². The van der Waals surface area contributed by atoms with Crippen LogP contribution in [0.3, 0.4) is 0 Å². The van der Waals surface area contributed by atoms with Crippen LogP contribution in [0.25, 0.3) is 11.0 Å². The minimum absolute atomic E-state index is 0.00897. The molecule has 0 unspecified atom stereocenters. The number of nitrogens with zero attached hydrogens (tertiary/aromatic N) is 3. The van der Waals surface area contributed by atoms with Crippen molar-refractivity contribution in [1.29, 1.82) is 0 Å². The third-order valence-electron chi connectivity index (χ3n) is 6.90. The molecule has 4 rings (SSSR count). The summed E-state index contributed by atoms with van der Waals surface area (Å²) >= 11 is 0. The number of imidazole rings is 1. The molecule has 0 spiro atoms. The topological polar surface area (TPSA) is 109 Å². The Morgan fingerprint density at radius 2 is 1.86 bits per heavy atom. The number of methoxy groups -OCH3 is 1. The SMILES string of the molecule is CC[C@H](C)n1cc(C(=O)NCCc2nc3ccc(OC)cc3[nH]2)c(=O)c(C(=O)N2CCCCCC2)c1. The summed E-state index contributed by atoms with van der Waals surface area (Å²) in [5.41, 5.74) is 1.21.